The number of methoxy groups -OCH3 is 1. The van der Waals surface area contributed by atoms with E-state index in [2.05, 4.69) is 25.3 Å². The number of anilines is 2. The number of alkyl halides is 2. The summed E-state index contributed by atoms with van der Waals surface area (Å²) in [6, 6.07) is 29.7. The Morgan fingerprint density at radius 3 is 2.34 bits per heavy atom. The zero-order valence-electron chi connectivity index (χ0n) is 35.4. The smallest absolute Gasteiger partial charge is 0.345 e. The number of halogens is 4. The van der Waals surface area contributed by atoms with Gasteiger partial charge in [-0.15, -0.1) is 0 Å². The van der Waals surface area contributed by atoms with Crippen LogP contribution in [0.3, 0.4) is 0 Å². The van der Waals surface area contributed by atoms with Crippen molar-refractivity contribution in [1.82, 2.24) is 29.8 Å². The van der Waals surface area contributed by atoms with Crippen molar-refractivity contribution >= 4 is 17.3 Å². The summed E-state index contributed by atoms with van der Waals surface area (Å²) < 4.78 is 82.9. The summed E-state index contributed by atoms with van der Waals surface area (Å²) in [5.74, 6) is -0.870. The van der Waals surface area contributed by atoms with Gasteiger partial charge in [-0.05, 0) is 104 Å². The van der Waals surface area contributed by atoms with Gasteiger partial charge < -0.3 is 34.7 Å². The van der Waals surface area contributed by atoms with E-state index in [9.17, 15) is 22.4 Å². The van der Waals surface area contributed by atoms with Gasteiger partial charge >= 0.3 is 6.61 Å². The van der Waals surface area contributed by atoms with Gasteiger partial charge in [0.2, 0.25) is 5.91 Å². The van der Waals surface area contributed by atoms with E-state index >= 15 is 0 Å². The molecule has 2 aliphatic rings. The minimum atomic E-state index is -2.94. The lowest BCUT2D eigenvalue weighted by Gasteiger charge is -2.20. The third kappa shape index (κ3) is 13.0. The topological polar surface area (TPSA) is 166 Å². The predicted octanol–water partition coefficient (Wildman–Crippen LogP) is 8.77. The number of nitrogens with one attached hydrogen (secondary N) is 2. The van der Waals surface area contributed by atoms with Crippen LogP contribution in [0.15, 0.2) is 128 Å². The van der Waals surface area contributed by atoms with Crippen LogP contribution in [-0.2, 0) is 27.4 Å². The van der Waals surface area contributed by atoms with Gasteiger partial charge in [0.05, 0.1) is 50.0 Å². The highest BCUT2D eigenvalue weighted by atomic mass is 19.3. The molecule has 18 heteroatoms. The van der Waals surface area contributed by atoms with E-state index in [1.54, 1.807) is 49.8 Å². The summed E-state index contributed by atoms with van der Waals surface area (Å²) in [5.41, 5.74) is 10.4. The largest absolute Gasteiger partial charge is 0.493 e. The Kier molecular flexibility index (Phi) is 15.8. The van der Waals surface area contributed by atoms with E-state index in [0.29, 0.717) is 23.6 Å². The lowest BCUT2D eigenvalue weighted by molar-refractivity contribution is -0.175. The number of aromatic amines is 1. The maximum Gasteiger partial charge on any atom is 0.345 e. The summed E-state index contributed by atoms with van der Waals surface area (Å²) in [5, 5.41) is 17.6. The number of nitrogens with two attached hydrogens (primary N) is 1. The summed E-state index contributed by atoms with van der Waals surface area (Å²) in [7, 11) is 1.68. The van der Waals surface area contributed by atoms with E-state index in [4.69, 9.17) is 29.8 Å². The van der Waals surface area contributed by atoms with E-state index in [0.717, 1.165) is 47.4 Å². The number of hydrogen-bond donors (Lipinski definition) is 3. The monoisotopic (exact) mass is 896 g/mol. The van der Waals surface area contributed by atoms with Crippen LogP contribution in [0.5, 0.6) is 17.2 Å². The third-order valence-corrected chi connectivity index (χ3v) is 10.3. The number of nitrogens with zero attached hydrogens (tertiary/aromatic N) is 5. The van der Waals surface area contributed by atoms with Gasteiger partial charge in [0.15, 0.2) is 29.2 Å². The number of carbonyl (C=O) groups excluding carboxylic acids is 1. The SMILES string of the molecule is COc1ccc(-c2ccn(Cc3ccc(N)cc3)n2)cc1OC1CCCC1.O=C(Cn1ccc(-c2ccccc2O[C@@H]2COCC2OC(F)F)n1)Nc1cccc(F)c1F.c1cn[nH]c1. The first-order valence-electron chi connectivity index (χ1n) is 20.8. The molecule has 4 aromatic carbocycles. The summed E-state index contributed by atoms with van der Waals surface area (Å²) in [6.45, 7) is -2.40. The Labute approximate surface area is 372 Å². The molecular weight excluding hydrogens is 849 g/mol. The molecule has 4 N–H and O–H groups in total. The molecule has 1 aliphatic heterocycles. The van der Waals surface area contributed by atoms with Gasteiger partial charge in [-0.1, -0.05) is 30.3 Å². The molecule has 1 unspecified atom stereocenters. The molecule has 0 bridgehead atoms. The Morgan fingerprint density at radius 1 is 0.846 bits per heavy atom. The molecule has 1 aliphatic carbocycles. The number of H-pyrrole nitrogens is 1. The van der Waals surface area contributed by atoms with Crippen molar-refractivity contribution in [2.24, 2.45) is 0 Å². The first-order chi connectivity index (χ1) is 31.6. The van der Waals surface area contributed by atoms with Crippen molar-refractivity contribution < 1.29 is 46.0 Å². The number of para-hydroxylation sites is 1. The van der Waals surface area contributed by atoms with Crippen LogP contribution in [0.1, 0.15) is 31.2 Å². The lowest BCUT2D eigenvalue weighted by Crippen LogP contribution is -2.34. The van der Waals surface area contributed by atoms with E-state index in [-0.39, 0.29) is 31.5 Å². The minimum absolute atomic E-state index is 0.00712. The number of hydrogen-bond acceptors (Lipinski definition) is 10. The number of nitrogen functional groups attached to an aromatic ring is 1. The Morgan fingerprint density at radius 2 is 1.60 bits per heavy atom. The fourth-order valence-electron chi connectivity index (χ4n) is 7.10. The molecule has 2 fully saturated rings. The van der Waals surface area contributed by atoms with Gasteiger partial charge in [0.1, 0.15) is 18.4 Å². The molecule has 0 radical (unpaired) electrons. The second-order valence-corrected chi connectivity index (χ2v) is 15.0. The molecule has 4 heterocycles. The highest BCUT2D eigenvalue weighted by Crippen LogP contribution is 2.35. The van der Waals surface area contributed by atoms with Gasteiger partial charge in [-0.25, -0.2) is 8.78 Å². The van der Waals surface area contributed by atoms with E-state index in [1.165, 1.54) is 41.4 Å². The zero-order chi connectivity index (χ0) is 45.5. The fourth-order valence-corrected chi connectivity index (χ4v) is 7.10. The molecule has 9 rings (SSSR count). The normalized spacial score (nSPS) is 15.7. The van der Waals surface area contributed by atoms with Crippen molar-refractivity contribution in [3.8, 4) is 39.8 Å². The molecule has 340 valence electrons. The number of aromatic nitrogens is 6. The fraction of sp³-hybridized carbons (Fsp3) is 0.277. The van der Waals surface area contributed by atoms with Crippen molar-refractivity contribution in [2.75, 3.05) is 31.4 Å². The second kappa shape index (κ2) is 22.4. The number of ether oxygens (including phenoxy) is 5. The van der Waals surface area contributed by atoms with Gasteiger partial charge in [-0.2, -0.15) is 24.1 Å². The Balaban J connectivity index is 0.000000177. The van der Waals surface area contributed by atoms with Crippen LogP contribution >= 0.6 is 0 Å². The summed E-state index contributed by atoms with van der Waals surface area (Å²) >= 11 is 0. The molecule has 0 spiro atoms. The van der Waals surface area contributed by atoms with Gasteiger partial charge in [-0.3, -0.25) is 19.3 Å². The molecule has 1 amide bonds. The molecule has 14 nitrogen and oxygen atoms in total. The first-order valence-corrected chi connectivity index (χ1v) is 20.8. The lowest BCUT2D eigenvalue weighted by atomic mass is 10.1. The maximum atomic E-state index is 13.7. The van der Waals surface area contributed by atoms with Crippen LogP contribution in [0, 0.1) is 11.6 Å². The first kappa shape index (κ1) is 45.8. The van der Waals surface area contributed by atoms with Crippen LogP contribution in [0.4, 0.5) is 28.9 Å². The quantitative estimate of drug-likeness (QED) is 0.0710. The Hall–Kier alpha value is -7.18. The van der Waals surface area contributed by atoms with Crippen molar-refractivity contribution in [3.05, 3.63) is 145 Å². The molecule has 2 atom stereocenters. The number of benzene rings is 4. The predicted molar refractivity (Wildman–Crippen MR) is 234 cm³/mol. The Bertz CT molecular complexity index is 2550. The maximum absolute atomic E-state index is 13.7. The number of rotatable bonds is 14. The van der Waals surface area contributed by atoms with E-state index < -0.39 is 36.4 Å². The highest BCUT2D eigenvalue weighted by Gasteiger charge is 2.34. The second-order valence-electron chi connectivity index (χ2n) is 15.0. The van der Waals surface area contributed by atoms with Crippen molar-refractivity contribution in [3.63, 3.8) is 0 Å². The van der Waals surface area contributed by atoms with Crippen molar-refractivity contribution in [2.45, 2.75) is 63.7 Å². The minimum Gasteiger partial charge on any atom is -0.493 e. The summed E-state index contributed by atoms with van der Waals surface area (Å²) in [4.78, 5) is 12.2. The summed E-state index contributed by atoms with van der Waals surface area (Å²) in [6.07, 6.45) is 10.3. The van der Waals surface area contributed by atoms with Crippen LogP contribution < -0.4 is 25.3 Å². The number of carbonyl (C=O) groups is 1. The highest BCUT2D eigenvalue weighted by molar-refractivity contribution is 5.90. The van der Waals surface area contributed by atoms with Crippen LogP contribution in [-0.4, -0.2) is 80.9 Å². The third-order valence-electron chi connectivity index (χ3n) is 10.3. The molecule has 3 aromatic heterocycles. The molecule has 1 saturated heterocycles. The molecule has 1 saturated carbocycles. The van der Waals surface area contributed by atoms with Gasteiger partial charge in [0, 0.05) is 41.6 Å². The van der Waals surface area contributed by atoms with E-state index in [1.807, 2.05) is 65.5 Å². The zero-order valence-corrected chi connectivity index (χ0v) is 35.4. The van der Waals surface area contributed by atoms with Crippen LogP contribution in [0.25, 0.3) is 22.5 Å². The van der Waals surface area contributed by atoms with Crippen molar-refractivity contribution in [1.29, 1.82) is 0 Å². The average Bonchev–Trinajstić information content (AvgIpc) is 4.17. The molecule has 65 heavy (non-hydrogen) atoms. The number of amides is 1. The van der Waals surface area contributed by atoms with Gasteiger partial charge in [0.25, 0.3) is 0 Å². The van der Waals surface area contributed by atoms with Crippen LogP contribution in [0.2, 0.25) is 0 Å². The average molecular weight is 897 g/mol. The molecular formula is C47H48F4N8O6. The standard InChI is InChI=1S/C22H19F4N3O4.C22H25N3O2.C3H4N2/c23-14-5-3-6-16(21(14)24)27-20(30)10-29-9-8-15(28-29)13-4-1-2-7-17(13)32-18-11-31-12-19(18)33-22(25)26;1-26-21-11-8-17(14-22(21)27-19-4-2-3-5-19)20-12-13-25(24-20)15-16-6-9-18(23)10-7-16;1-2-4-5-3-1/h1-9,18-19,22H,10-12H2,(H,27,30);6-14,19H,2-5,15,23H2,1H3;1-3H,(H,4,5)/t18-,19?;;/m1../s1. The molecule has 7 aromatic rings.